The number of rotatable bonds is 12. The highest BCUT2D eigenvalue weighted by Crippen LogP contribution is 2.39. The van der Waals surface area contributed by atoms with Crippen LogP contribution in [0, 0.1) is 0 Å². The zero-order valence-electron chi connectivity index (χ0n) is 27.0. The van der Waals surface area contributed by atoms with Crippen molar-refractivity contribution in [2.75, 3.05) is 12.4 Å². The van der Waals surface area contributed by atoms with E-state index in [4.69, 9.17) is 49.0 Å². The van der Waals surface area contributed by atoms with Crippen molar-refractivity contribution in [3.63, 3.8) is 0 Å². The molecule has 5 atom stereocenters. The summed E-state index contributed by atoms with van der Waals surface area (Å²) in [6.07, 6.45) is -2.75. The number of β-lactam (4-membered cyclic amide) rings is 1. The number of aliphatic hydroxyl groups is 1. The van der Waals surface area contributed by atoms with Crippen LogP contribution in [-0.4, -0.2) is 91.2 Å². The van der Waals surface area contributed by atoms with E-state index in [1.807, 2.05) is 60.7 Å². The maximum Gasteiger partial charge on any atom is 0.408 e. The molecule has 2 aliphatic rings. The van der Waals surface area contributed by atoms with E-state index >= 15 is 0 Å². The summed E-state index contributed by atoms with van der Waals surface area (Å²) in [5.41, 5.74) is 0.625. The number of hydrogen-bond acceptors (Lipinski definition) is 10. The fourth-order valence-electron chi connectivity index (χ4n) is 5.27. The third kappa shape index (κ3) is 10.9. The number of amides is 3. The normalized spacial score (nSPS) is 21.1. The van der Waals surface area contributed by atoms with Gasteiger partial charge in [0.2, 0.25) is 15.6 Å². The molecule has 2 fully saturated rings. The molecular weight excluding hydrogens is 721 g/mol. The van der Waals surface area contributed by atoms with E-state index in [9.17, 15) is 29.1 Å². The standard InChI is InChI=1S/C33H38Cl3N3O9S/c1-32(2,3)48-31(45)37-21(29(43)47-26(19-11-6-4-7-12-19)20-13-8-5-9-14-20)15-10-16-23(41)38-24-27(42)39-25(22(40)17-49-28(24)39)30(44)46-18-33(34,35)36/h4-9,11-14,21-22,24-26,28,40H,10,15-18H2,1-3H3,(H,37,45)(H,38,41)/t21?,22?,24-,25?,28+/m1/s1. The highest BCUT2D eigenvalue weighted by molar-refractivity contribution is 8.00. The average molecular weight is 759 g/mol. The van der Waals surface area contributed by atoms with Crippen LogP contribution in [0.3, 0.4) is 0 Å². The van der Waals surface area contributed by atoms with Gasteiger partial charge in [-0.3, -0.25) is 9.59 Å². The monoisotopic (exact) mass is 757 g/mol. The minimum atomic E-state index is -1.87. The van der Waals surface area contributed by atoms with Crippen molar-refractivity contribution in [2.45, 2.75) is 85.1 Å². The highest BCUT2D eigenvalue weighted by Gasteiger charge is 2.58. The van der Waals surface area contributed by atoms with Crippen molar-refractivity contribution in [3.05, 3.63) is 71.8 Å². The maximum atomic E-state index is 13.6. The molecule has 49 heavy (non-hydrogen) atoms. The average Bonchev–Trinajstić information content (AvgIpc) is 3.04. The molecule has 0 spiro atoms. The summed E-state index contributed by atoms with van der Waals surface area (Å²) < 4.78 is 14.5. The lowest BCUT2D eigenvalue weighted by atomic mass is 9.99. The third-order valence-electron chi connectivity index (χ3n) is 7.43. The Balaban J connectivity index is 1.38. The predicted molar refractivity (Wildman–Crippen MR) is 184 cm³/mol. The highest BCUT2D eigenvalue weighted by atomic mass is 35.6. The first kappa shape index (κ1) is 38.6. The molecule has 3 unspecified atom stereocenters. The number of carbonyl (C=O) groups excluding carboxylic acids is 5. The topological polar surface area (TPSA) is 161 Å². The number of alkyl halides is 3. The maximum absolute atomic E-state index is 13.6. The molecule has 12 nitrogen and oxygen atoms in total. The van der Waals surface area contributed by atoms with Gasteiger partial charge in [0, 0.05) is 12.2 Å². The lowest BCUT2D eigenvalue weighted by Crippen LogP contribution is -2.76. The van der Waals surface area contributed by atoms with Gasteiger partial charge >= 0.3 is 18.0 Å². The number of aliphatic hydroxyl groups excluding tert-OH is 1. The van der Waals surface area contributed by atoms with Gasteiger partial charge < -0.3 is 34.9 Å². The number of benzene rings is 2. The molecule has 3 N–H and O–H groups in total. The summed E-state index contributed by atoms with van der Waals surface area (Å²) in [7, 11) is 0. The summed E-state index contributed by atoms with van der Waals surface area (Å²) in [5, 5.41) is 15.0. The summed E-state index contributed by atoms with van der Waals surface area (Å²) in [6.45, 7) is 4.49. The zero-order valence-corrected chi connectivity index (χ0v) is 30.1. The molecule has 266 valence electrons. The van der Waals surface area contributed by atoms with E-state index in [0.29, 0.717) is 0 Å². The smallest absolute Gasteiger partial charge is 0.408 e. The molecule has 2 aromatic carbocycles. The number of ether oxygens (including phenoxy) is 3. The molecule has 16 heteroatoms. The quantitative estimate of drug-likeness (QED) is 0.122. The van der Waals surface area contributed by atoms with Crippen molar-refractivity contribution < 1.29 is 43.3 Å². The first-order valence-electron chi connectivity index (χ1n) is 15.5. The second-order valence-electron chi connectivity index (χ2n) is 12.5. The van der Waals surface area contributed by atoms with Gasteiger partial charge in [-0.05, 0) is 44.7 Å². The van der Waals surface area contributed by atoms with Crippen LogP contribution in [0.25, 0.3) is 0 Å². The van der Waals surface area contributed by atoms with E-state index in [-0.39, 0.29) is 25.0 Å². The number of nitrogens with one attached hydrogen (secondary N) is 2. The fraction of sp³-hybridized carbons (Fsp3) is 0.485. The SMILES string of the molecule is CC(C)(C)OC(=O)NC(CCCC(=O)N[C@@H]1C(=O)N2C(C(=O)OCC(Cl)(Cl)Cl)C(O)CS[C@@H]12)C(=O)OC(c1ccccc1)c1ccccc1. The Morgan fingerprint density at radius 2 is 1.59 bits per heavy atom. The van der Waals surface area contributed by atoms with Gasteiger partial charge in [0.15, 0.2) is 12.1 Å². The van der Waals surface area contributed by atoms with E-state index in [2.05, 4.69) is 10.6 Å². The summed E-state index contributed by atoms with van der Waals surface area (Å²) in [5.74, 6) is -2.63. The number of halogens is 3. The van der Waals surface area contributed by atoms with E-state index in [1.54, 1.807) is 20.8 Å². The predicted octanol–water partition coefficient (Wildman–Crippen LogP) is 4.43. The Hall–Kier alpha value is -3.23. The van der Waals surface area contributed by atoms with Gasteiger partial charge in [-0.2, -0.15) is 0 Å². The van der Waals surface area contributed by atoms with Crippen molar-refractivity contribution in [1.82, 2.24) is 15.5 Å². The molecule has 2 heterocycles. The largest absolute Gasteiger partial charge is 0.460 e. The van der Waals surface area contributed by atoms with Crippen LogP contribution in [0.4, 0.5) is 4.79 Å². The molecule has 0 aliphatic carbocycles. The minimum Gasteiger partial charge on any atom is -0.460 e. The Bertz CT molecular complexity index is 1450. The van der Waals surface area contributed by atoms with E-state index in [1.165, 1.54) is 11.8 Å². The summed E-state index contributed by atoms with van der Waals surface area (Å²) in [6, 6.07) is 14.9. The molecule has 2 aromatic rings. The first-order valence-corrected chi connectivity index (χ1v) is 17.7. The van der Waals surface area contributed by atoms with Crippen molar-refractivity contribution in [1.29, 1.82) is 0 Å². The molecule has 0 aromatic heterocycles. The molecule has 2 aliphatic heterocycles. The third-order valence-corrected chi connectivity index (χ3v) is 9.13. The van der Waals surface area contributed by atoms with Gasteiger partial charge in [0.25, 0.3) is 0 Å². The number of carbonyl (C=O) groups is 5. The van der Waals surface area contributed by atoms with Gasteiger partial charge in [-0.15, -0.1) is 11.8 Å². The second-order valence-corrected chi connectivity index (χ2v) is 16.1. The molecule has 0 bridgehead atoms. The number of alkyl carbamates (subject to hydrolysis) is 1. The van der Waals surface area contributed by atoms with Crippen LogP contribution in [0.5, 0.6) is 0 Å². The van der Waals surface area contributed by atoms with Gasteiger partial charge in [0.1, 0.15) is 29.7 Å². The number of esters is 2. The van der Waals surface area contributed by atoms with Gasteiger partial charge in [0.05, 0.1) is 6.10 Å². The van der Waals surface area contributed by atoms with Gasteiger partial charge in [-0.25, -0.2) is 14.4 Å². The molecule has 3 amide bonds. The molecule has 2 saturated heterocycles. The molecule has 0 radical (unpaired) electrons. The Morgan fingerprint density at radius 1 is 1.00 bits per heavy atom. The van der Waals surface area contributed by atoms with Crippen LogP contribution in [-0.2, 0) is 33.4 Å². The van der Waals surface area contributed by atoms with Crippen LogP contribution < -0.4 is 10.6 Å². The molecule has 0 saturated carbocycles. The number of hydrogen-bond donors (Lipinski definition) is 3. The number of thioether (sulfide) groups is 1. The summed E-state index contributed by atoms with van der Waals surface area (Å²) >= 11 is 18.1. The van der Waals surface area contributed by atoms with Crippen LogP contribution in [0.15, 0.2) is 60.7 Å². The van der Waals surface area contributed by atoms with Crippen molar-refractivity contribution in [2.24, 2.45) is 0 Å². The van der Waals surface area contributed by atoms with Crippen LogP contribution >= 0.6 is 46.6 Å². The van der Waals surface area contributed by atoms with Crippen molar-refractivity contribution in [3.8, 4) is 0 Å². The minimum absolute atomic E-state index is 0.0218. The van der Waals surface area contributed by atoms with Crippen LogP contribution in [0.2, 0.25) is 0 Å². The lowest BCUT2D eigenvalue weighted by Gasteiger charge is -2.53. The Labute approximate surface area is 303 Å². The molecule has 4 rings (SSSR count). The Morgan fingerprint density at radius 3 is 2.14 bits per heavy atom. The van der Waals surface area contributed by atoms with E-state index < -0.39 is 81.6 Å². The van der Waals surface area contributed by atoms with Crippen LogP contribution in [0.1, 0.15) is 57.3 Å². The first-order chi connectivity index (χ1) is 23.0. The number of nitrogens with zero attached hydrogens (tertiary/aromatic N) is 1. The van der Waals surface area contributed by atoms with Crippen molar-refractivity contribution >= 4 is 76.4 Å². The molecular formula is C33H38Cl3N3O9S. The number of fused-ring (bicyclic) bond motifs is 1. The Kier molecular flexibility index (Phi) is 13.1. The second kappa shape index (κ2) is 16.7. The van der Waals surface area contributed by atoms with Gasteiger partial charge in [-0.1, -0.05) is 95.5 Å². The zero-order chi connectivity index (χ0) is 35.9. The lowest BCUT2D eigenvalue weighted by molar-refractivity contribution is -0.171. The summed E-state index contributed by atoms with van der Waals surface area (Å²) in [4.78, 5) is 66.1. The fourth-order valence-corrected chi connectivity index (χ4v) is 6.78. The van der Waals surface area contributed by atoms with E-state index in [0.717, 1.165) is 16.0 Å².